The molecule has 368 valence electrons. The highest BCUT2D eigenvalue weighted by atomic mass is 16.3. The molecule has 0 radical (unpaired) electrons. The highest BCUT2D eigenvalue weighted by Gasteiger charge is 2.20. The Kier molecular flexibility index (Phi) is 51.5. The van der Waals surface area contributed by atoms with E-state index in [0.29, 0.717) is 6.42 Å². The minimum absolute atomic E-state index is 0.0169. The number of amides is 1. The molecule has 5 nitrogen and oxygen atoms in total. The molecule has 0 bridgehead atoms. The van der Waals surface area contributed by atoms with Crippen molar-refractivity contribution in [2.24, 2.45) is 0 Å². The number of nitrogens with one attached hydrogen (secondary N) is 1. The van der Waals surface area contributed by atoms with E-state index in [4.69, 9.17) is 0 Å². The van der Waals surface area contributed by atoms with Gasteiger partial charge in [0.05, 0.1) is 31.3 Å². The number of aliphatic hydroxyl groups excluding tert-OH is 3. The van der Waals surface area contributed by atoms with Gasteiger partial charge in [-0.05, 0) is 44.9 Å². The molecule has 3 atom stereocenters. The Morgan fingerprint density at radius 1 is 0.403 bits per heavy atom. The Morgan fingerprint density at radius 3 is 0.984 bits per heavy atom. The molecule has 0 aromatic carbocycles. The quantitative estimate of drug-likeness (QED) is 0.0362. The van der Waals surface area contributed by atoms with E-state index in [1.807, 2.05) is 6.08 Å². The van der Waals surface area contributed by atoms with Crippen molar-refractivity contribution < 1.29 is 20.1 Å². The van der Waals surface area contributed by atoms with Crippen LogP contribution in [0.15, 0.2) is 24.3 Å². The predicted octanol–water partition coefficient (Wildman–Crippen LogP) is 17.3. The maximum atomic E-state index is 12.5. The van der Waals surface area contributed by atoms with Gasteiger partial charge in [-0.2, -0.15) is 0 Å². The van der Waals surface area contributed by atoms with Crippen LogP contribution in [0.25, 0.3) is 0 Å². The van der Waals surface area contributed by atoms with Crippen molar-refractivity contribution in [3.05, 3.63) is 24.3 Å². The van der Waals surface area contributed by atoms with Gasteiger partial charge in [-0.1, -0.05) is 282 Å². The molecule has 3 unspecified atom stereocenters. The van der Waals surface area contributed by atoms with Gasteiger partial charge < -0.3 is 20.6 Å². The number of allylic oxidation sites excluding steroid dienone is 3. The first kappa shape index (κ1) is 60.8. The first-order valence-electron chi connectivity index (χ1n) is 28.1. The van der Waals surface area contributed by atoms with Gasteiger partial charge in [-0.15, -0.1) is 0 Å². The van der Waals surface area contributed by atoms with E-state index in [9.17, 15) is 20.1 Å². The van der Waals surface area contributed by atoms with Crippen molar-refractivity contribution in [1.82, 2.24) is 5.32 Å². The van der Waals surface area contributed by atoms with Crippen LogP contribution in [-0.2, 0) is 4.79 Å². The molecule has 1 amide bonds. The zero-order valence-corrected chi connectivity index (χ0v) is 42.0. The third kappa shape index (κ3) is 48.3. The van der Waals surface area contributed by atoms with E-state index >= 15 is 0 Å². The Morgan fingerprint density at radius 2 is 0.677 bits per heavy atom. The molecule has 0 saturated carbocycles. The van der Waals surface area contributed by atoms with Crippen LogP contribution in [0.1, 0.15) is 309 Å². The molecular formula is C57H111NO4. The number of aliphatic hydroxyl groups is 3. The highest BCUT2D eigenvalue weighted by Crippen LogP contribution is 2.17. The summed E-state index contributed by atoms with van der Waals surface area (Å²) in [6.45, 7) is 4.24. The average Bonchev–Trinajstić information content (AvgIpc) is 3.27. The van der Waals surface area contributed by atoms with Crippen molar-refractivity contribution in [3.63, 3.8) is 0 Å². The number of carbonyl (C=O) groups excluding carboxylic acids is 1. The van der Waals surface area contributed by atoms with Gasteiger partial charge in [0.15, 0.2) is 0 Å². The molecular weight excluding hydrogens is 763 g/mol. The monoisotopic (exact) mass is 874 g/mol. The second kappa shape index (κ2) is 52.5. The van der Waals surface area contributed by atoms with Gasteiger partial charge >= 0.3 is 0 Å². The molecule has 0 aliphatic rings. The largest absolute Gasteiger partial charge is 0.394 e. The van der Waals surface area contributed by atoms with Gasteiger partial charge in [0.2, 0.25) is 5.91 Å². The third-order valence-corrected chi connectivity index (χ3v) is 13.2. The standard InChI is InChI=1S/C57H111NO4/c1-3-5-7-9-11-13-15-17-19-20-21-22-23-24-25-26-27-28-29-30-31-32-33-34-35-36-37-38-40-42-44-46-48-50-54(60)52-57(62)58-55(53-59)56(61)51-49-47-45-43-41-39-18-16-14-12-10-8-6-4-2/h26-27,49,51,54-56,59-61H,3-25,28-48,50,52-53H2,1-2H3,(H,58,62)/b27-26-,51-49+. The van der Waals surface area contributed by atoms with Crippen LogP contribution in [0.2, 0.25) is 0 Å². The summed E-state index contributed by atoms with van der Waals surface area (Å²) >= 11 is 0. The number of carbonyl (C=O) groups is 1. The Labute approximate surface area is 388 Å². The van der Waals surface area contributed by atoms with Crippen LogP contribution in [0.4, 0.5) is 0 Å². The molecule has 0 fully saturated rings. The lowest BCUT2D eigenvalue weighted by Gasteiger charge is -2.21. The van der Waals surface area contributed by atoms with Gasteiger partial charge in [-0.25, -0.2) is 0 Å². The molecule has 0 aromatic rings. The molecule has 0 aliphatic heterocycles. The van der Waals surface area contributed by atoms with Crippen molar-refractivity contribution in [1.29, 1.82) is 0 Å². The summed E-state index contributed by atoms with van der Waals surface area (Å²) in [5.74, 6) is -0.311. The smallest absolute Gasteiger partial charge is 0.222 e. The van der Waals surface area contributed by atoms with E-state index < -0.39 is 18.2 Å². The zero-order valence-electron chi connectivity index (χ0n) is 42.0. The summed E-state index contributed by atoms with van der Waals surface area (Å²) in [4.78, 5) is 12.5. The zero-order chi connectivity index (χ0) is 45.1. The van der Waals surface area contributed by atoms with E-state index in [2.05, 4.69) is 31.3 Å². The lowest BCUT2D eigenvalue weighted by molar-refractivity contribution is -0.124. The maximum Gasteiger partial charge on any atom is 0.222 e. The molecule has 62 heavy (non-hydrogen) atoms. The van der Waals surface area contributed by atoms with E-state index in [0.717, 1.165) is 25.7 Å². The highest BCUT2D eigenvalue weighted by molar-refractivity contribution is 5.76. The minimum Gasteiger partial charge on any atom is -0.394 e. The van der Waals surface area contributed by atoms with Crippen LogP contribution >= 0.6 is 0 Å². The van der Waals surface area contributed by atoms with Crippen molar-refractivity contribution in [3.8, 4) is 0 Å². The number of hydrogen-bond acceptors (Lipinski definition) is 4. The van der Waals surface area contributed by atoms with Crippen LogP contribution in [0, 0.1) is 0 Å². The van der Waals surface area contributed by atoms with E-state index in [1.54, 1.807) is 6.08 Å². The maximum absolute atomic E-state index is 12.5. The van der Waals surface area contributed by atoms with Gasteiger partial charge in [0.1, 0.15) is 0 Å². The molecule has 4 N–H and O–H groups in total. The lowest BCUT2D eigenvalue weighted by Crippen LogP contribution is -2.45. The van der Waals surface area contributed by atoms with Crippen molar-refractivity contribution >= 4 is 5.91 Å². The summed E-state index contributed by atoms with van der Waals surface area (Å²) in [5, 5.41) is 33.4. The van der Waals surface area contributed by atoms with Crippen LogP contribution in [-0.4, -0.2) is 46.1 Å². The first-order valence-corrected chi connectivity index (χ1v) is 28.1. The Bertz CT molecular complexity index is 920. The molecule has 0 aromatic heterocycles. The Balaban J connectivity index is 3.48. The normalized spacial score (nSPS) is 13.4. The van der Waals surface area contributed by atoms with Crippen LogP contribution in [0.5, 0.6) is 0 Å². The summed E-state index contributed by atoms with van der Waals surface area (Å²) in [6.07, 6.45) is 66.6. The molecule has 0 spiro atoms. The summed E-state index contributed by atoms with van der Waals surface area (Å²) < 4.78 is 0. The number of unbranched alkanes of at least 4 members (excludes halogenated alkanes) is 41. The number of rotatable bonds is 52. The SMILES string of the molecule is CCCCCCCCCCCCCC/C=C/C(O)C(CO)NC(=O)CC(O)CCCCCCCCCCCCCCCCC/C=C\CCCCCCCCCCCCCCCC. The van der Waals surface area contributed by atoms with Crippen LogP contribution < -0.4 is 5.32 Å². The molecule has 0 aliphatic carbocycles. The molecule has 0 rings (SSSR count). The van der Waals surface area contributed by atoms with Gasteiger partial charge in [-0.3, -0.25) is 4.79 Å². The van der Waals surface area contributed by atoms with Gasteiger partial charge in [0.25, 0.3) is 0 Å². The minimum atomic E-state index is -0.926. The van der Waals surface area contributed by atoms with Crippen LogP contribution in [0.3, 0.4) is 0 Å². The summed E-state index contributed by atoms with van der Waals surface area (Å²) in [7, 11) is 0. The first-order chi connectivity index (χ1) is 30.5. The third-order valence-electron chi connectivity index (χ3n) is 13.2. The molecule has 5 heteroatoms. The topological polar surface area (TPSA) is 89.8 Å². The Hall–Kier alpha value is -1.17. The molecule has 0 saturated heterocycles. The second-order valence-corrected chi connectivity index (χ2v) is 19.5. The number of hydrogen-bond donors (Lipinski definition) is 4. The average molecular weight is 875 g/mol. The summed E-state index contributed by atoms with van der Waals surface area (Å²) in [6, 6.07) is -0.742. The summed E-state index contributed by atoms with van der Waals surface area (Å²) in [5.41, 5.74) is 0. The lowest BCUT2D eigenvalue weighted by atomic mass is 10.0. The van der Waals surface area contributed by atoms with E-state index in [-0.39, 0.29) is 18.9 Å². The van der Waals surface area contributed by atoms with E-state index in [1.165, 1.54) is 257 Å². The second-order valence-electron chi connectivity index (χ2n) is 19.5. The fourth-order valence-electron chi connectivity index (χ4n) is 8.93. The predicted molar refractivity (Wildman–Crippen MR) is 273 cm³/mol. The fraction of sp³-hybridized carbons (Fsp3) is 0.912. The molecule has 0 heterocycles. The van der Waals surface area contributed by atoms with Crippen molar-refractivity contribution in [2.75, 3.05) is 6.61 Å². The fourth-order valence-corrected chi connectivity index (χ4v) is 8.93. The van der Waals surface area contributed by atoms with Gasteiger partial charge in [0, 0.05) is 0 Å². The van der Waals surface area contributed by atoms with Crippen molar-refractivity contribution in [2.45, 2.75) is 327 Å².